The van der Waals surface area contributed by atoms with E-state index in [2.05, 4.69) is 0 Å². The van der Waals surface area contributed by atoms with Crippen molar-refractivity contribution in [1.29, 1.82) is 0 Å². The summed E-state index contributed by atoms with van der Waals surface area (Å²) in [5, 5.41) is 10.7. The summed E-state index contributed by atoms with van der Waals surface area (Å²) in [5.74, 6) is 0.518. The van der Waals surface area contributed by atoms with Crippen molar-refractivity contribution in [1.82, 2.24) is 4.90 Å². The molecular formula is C17H22ClNO4. The van der Waals surface area contributed by atoms with Crippen molar-refractivity contribution in [3.63, 3.8) is 0 Å². The zero-order valence-corrected chi connectivity index (χ0v) is 14.0. The summed E-state index contributed by atoms with van der Waals surface area (Å²) in [4.78, 5) is 14.8. The normalized spacial score (nSPS) is 28.0. The van der Waals surface area contributed by atoms with E-state index in [4.69, 9.17) is 21.1 Å². The van der Waals surface area contributed by atoms with Gasteiger partial charge in [0.25, 0.3) is 5.91 Å². The van der Waals surface area contributed by atoms with Gasteiger partial charge in [-0.1, -0.05) is 18.0 Å². The van der Waals surface area contributed by atoms with Crippen LogP contribution in [0.2, 0.25) is 5.02 Å². The lowest BCUT2D eigenvalue weighted by molar-refractivity contribution is -0.0383. The summed E-state index contributed by atoms with van der Waals surface area (Å²) in [6, 6.07) is 4.98. The molecule has 1 aromatic carbocycles. The number of benzene rings is 1. The van der Waals surface area contributed by atoms with Gasteiger partial charge in [-0.05, 0) is 31.0 Å². The molecule has 1 aliphatic carbocycles. The van der Waals surface area contributed by atoms with E-state index >= 15 is 0 Å². The maximum absolute atomic E-state index is 12.9. The Morgan fingerprint density at radius 2 is 2.26 bits per heavy atom. The maximum Gasteiger partial charge on any atom is 0.254 e. The highest BCUT2D eigenvalue weighted by molar-refractivity contribution is 6.32. The molecule has 2 fully saturated rings. The lowest BCUT2D eigenvalue weighted by atomic mass is 9.93. The molecule has 1 N–H and O–H groups in total. The van der Waals surface area contributed by atoms with Gasteiger partial charge in [-0.3, -0.25) is 4.79 Å². The molecule has 1 saturated heterocycles. The Hall–Kier alpha value is -1.30. The first-order chi connectivity index (χ1) is 11.1. The molecule has 5 nitrogen and oxygen atoms in total. The van der Waals surface area contributed by atoms with Gasteiger partial charge in [-0.15, -0.1) is 0 Å². The van der Waals surface area contributed by atoms with E-state index in [0.717, 1.165) is 19.3 Å². The van der Waals surface area contributed by atoms with Crippen LogP contribution in [0.3, 0.4) is 0 Å². The number of amides is 1. The number of carbonyl (C=O) groups excluding carboxylic acids is 1. The Morgan fingerprint density at radius 1 is 1.43 bits per heavy atom. The summed E-state index contributed by atoms with van der Waals surface area (Å²) in [6.45, 7) is 1.55. The number of ether oxygens (including phenoxy) is 2. The fourth-order valence-electron chi connectivity index (χ4n) is 3.61. The van der Waals surface area contributed by atoms with Gasteiger partial charge in [0.05, 0.1) is 37.5 Å². The van der Waals surface area contributed by atoms with Crippen molar-refractivity contribution in [2.75, 3.05) is 26.9 Å². The maximum atomic E-state index is 12.9. The molecule has 3 rings (SSSR count). The number of aliphatic hydroxyl groups excluding tert-OH is 1. The minimum atomic E-state index is -0.350. The second kappa shape index (κ2) is 7.07. The van der Waals surface area contributed by atoms with Gasteiger partial charge < -0.3 is 19.5 Å². The average molecular weight is 340 g/mol. The Morgan fingerprint density at radius 3 is 2.96 bits per heavy atom. The van der Waals surface area contributed by atoms with Crippen molar-refractivity contribution in [2.45, 2.75) is 31.4 Å². The number of rotatable bonds is 3. The SMILES string of the molecule is COc1cc(C(=O)N2CCOC[C@@H]2[C@@H]2CCC[C@H]2O)ccc1Cl. The molecule has 1 aromatic rings. The van der Waals surface area contributed by atoms with Crippen molar-refractivity contribution >= 4 is 17.5 Å². The van der Waals surface area contributed by atoms with Crippen LogP contribution in [-0.2, 0) is 4.74 Å². The molecular weight excluding hydrogens is 318 g/mol. The van der Waals surface area contributed by atoms with Crippen LogP contribution in [0, 0.1) is 5.92 Å². The Balaban J connectivity index is 1.83. The summed E-state index contributed by atoms with van der Waals surface area (Å²) in [5.41, 5.74) is 0.547. The minimum absolute atomic E-state index is 0.0626. The van der Waals surface area contributed by atoms with Crippen molar-refractivity contribution < 1.29 is 19.4 Å². The van der Waals surface area contributed by atoms with Crippen LogP contribution < -0.4 is 4.74 Å². The molecule has 0 aromatic heterocycles. The zero-order valence-electron chi connectivity index (χ0n) is 13.2. The Kier molecular flexibility index (Phi) is 5.09. The predicted molar refractivity (Wildman–Crippen MR) is 87.0 cm³/mol. The van der Waals surface area contributed by atoms with Gasteiger partial charge >= 0.3 is 0 Å². The lowest BCUT2D eigenvalue weighted by Crippen LogP contribution is -2.53. The lowest BCUT2D eigenvalue weighted by Gasteiger charge is -2.40. The van der Waals surface area contributed by atoms with Crippen LogP contribution in [0.5, 0.6) is 5.75 Å². The molecule has 1 saturated carbocycles. The molecule has 2 aliphatic rings. The molecule has 1 aliphatic heterocycles. The van der Waals surface area contributed by atoms with E-state index in [1.807, 2.05) is 4.90 Å². The minimum Gasteiger partial charge on any atom is -0.495 e. The monoisotopic (exact) mass is 339 g/mol. The largest absolute Gasteiger partial charge is 0.495 e. The van der Waals surface area contributed by atoms with Crippen molar-refractivity contribution in [3.05, 3.63) is 28.8 Å². The van der Waals surface area contributed by atoms with Gasteiger partial charge in [-0.2, -0.15) is 0 Å². The number of methoxy groups -OCH3 is 1. The molecule has 3 atom stereocenters. The molecule has 126 valence electrons. The van der Waals surface area contributed by atoms with Gasteiger partial charge in [0, 0.05) is 18.0 Å². The number of aliphatic hydroxyl groups is 1. The van der Waals surface area contributed by atoms with E-state index < -0.39 is 0 Å². The molecule has 0 bridgehead atoms. The molecule has 1 amide bonds. The highest BCUT2D eigenvalue weighted by Crippen LogP contribution is 2.33. The third-order valence-electron chi connectivity index (χ3n) is 4.85. The first-order valence-corrected chi connectivity index (χ1v) is 8.40. The van der Waals surface area contributed by atoms with Crippen LogP contribution in [0.25, 0.3) is 0 Å². The van der Waals surface area contributed by atoms with Gasteiger partial charge in [0.1, 0.15) is 5.75 Å². The van der Waals surface area contributed by atoms with E-state index in [-0.39, 0.29) is 24.0 Å². The van der Waals surface area contributed by atoms with Crippen LogP contribution >= 0.6 is 11.6 Å². The number of carbonyl (C=O) groups is 1. The van der Waals surface area contributed by atoms with Crippen LogP contribution in [0.1, 0.15) is 29.6 Å². The van der Waals surface area contributed by atoms with Crippen molar-refractivity contribution in [3.8, 4) is 5.75 Å². The van der Waals surface area contributed by atoms with Gasteiger partial charge in [-0.25, -0.2) is 0 Å². The number of hydrogen-bond acceptors (Lipinski definition) is 4. The van der Waals surface area contributed by atoms with E-state index in [0.29, 0.717) is 36.1 Å². The van der Waals surface area contributed by atoms with E-state index in [1.165, 1.54) is 7.11 Å². The smallest absolute Gasteiger partial charge is 0.254 e. The third-order valence-corrected chi connectivity index (χ3v) is 5.16. The number of morpholine rings is 1. The summed E-state index contributed by atoms with van der Waals surface area (Å²) in [7, 11) is 1.53. The Labute approximate surface area is 141 Å². The average Bonchev–Trinajstić information content (AvgIpc) is 3.00. The van der Waals surface area contributed by atoms with Crippen LogP contribution in [0.4, 0.5) is 0 Å². The van der Waals surface area contributed by atoms with Crippen molar-refractivity contribution in [2.24, 2.45) is 5.92 Å². The zero-order chi connectivity index (χ0) is 16.4. The molecule has 1 heterocycles. The van der Waals surface area contributed by atoms with Gasteiger partial charge in [0.2, 0.25) is 0 Å². The van der Waals surface area contributed by atoms with Gasteiger partial charge in [0.15, 0.2) is 0 Å². The number of halogens is 1. The fourth-order valence-corrected chi connectivity index (χ4v) is 3.80. The van der Waals surface area contributed by atoms with E-state index in [1.54, 1.807) is 18.2 Å². The van der Waals surface area contributed by atoms with Crippen LogP contribution in [0.15, 0.2) is 18.2 Å². The number of hydrogen-bond donors (Lipinski definition) is 1. The molecule has 23 heavy (non-hydrogen) atoms. The van der Waals surface area contributed by atoms with Crippen LogP contribution in [-0.4, -0.2) is 54.9 Å². The summed E-state index contributed by atoms with van der Waals surface area (Å²) < 4.78 is 10.8. The summed E-state index contributed by atoms with van der Waals surface area (Å²) >= 11 is 6.04. The first-order valence-electron chi connectivity index (χ1n) is 8.02. The summed E-state index contributed by atoms with van der Waals surface area (Å²) in [6.07, 6.45) is 2.39. The molecule has 0 radical (unpaired) electrons. The first kappa shape index (κ1) is 16.6. The highest BCUT2D eigenvalue weighted by Gasteiger charge is 2.39. The third kappa shape index (κ3) is 3.32. The predicted octanol–water partition coefficient (Wildman–Crippen LogP) is 2.35. The molecule has 0 unspecified atom stereocenters. The second-order valence-electron chi connectivity index (χ2n) is 6.15. The van der Waals surface area contributed by atoms with E-state index in [9.17, 15) is 9.90 Å². The molecule has 6 heteroatoms. The fraction of sp³-hybridized carbons (Fsp3) is 0.588. The second-order valence-corrected chi connectivity index (χ2v) is 6.56. The molecule has 0 spiro atoms. The highest BCUT2D eigenvalue weighted by atomic mass is 35.5. The Bertz CT molecular complexity index is 580. The number of nitrogens with zero attached hydrogens (tertiary/aromatic N) is 1. The topological polar surface area (TPSA) is 59.0 Å². The standard InChI is InChI=1S/C17H22ClNO4/c1-22-16-9-11(5-6-13(16)18)17(21)19-7-8-23-10-14(19)12-3-2-4-15(12)20/h5-6,9,12,14-15,20H,2-4,7-8,10H2,1H3/t12-,14+,15+/m0/s1. The quantitative estimate of drug-likeness (QED) is 0.918.